The molecule has 1 amide bonds. The van der Waals surface area contributed by atoms with Crippen molar-refractivity contribution in [2.45, 2.75) is 13.8 Å². The van der Waals surface area contributed by atoms with Gasteiger partial charge in [0, 0.05) is 18.9 Å². The van der Waals surface area contributed by atoms with Crippen LogP contribution in [0.25, 0.3) is 0 Å². The molecule has 0 aromatic carbocycles. The van der Waals surface area contributed by atoms with Crippen LogP contribution in [0.2, 0.25) is 0 Å². The zero-order valence-corrected chi connectivity index (χ0v) is 9.97. The van der Waals surface area contributed by atoms with Crippen molar-refractivity contribution in [3.8, 4) is 0 Å². The second kappa shape index (κ2) is 6.62. The van der Waals surface area contributed by atoms with Crippen LogP contribution >= 0.6 is 0 Å². The van der Waals surface area contributed by atoms with E-state index in [9.17, 15) is 9.59 Å². The number of carbonyl (C=O) groups excluding carboxylic acids is 2. The van der Waals surface area contributed by atoms with Crippen LogP contribution in [0, 0.1) is 5.92 Å². The van der Waals surface area contributed by atoms with E-state index in [4.69, 9.17) is 4.74 Å². The fourth-order valence-corrected chi connectivity index (χ4v) is 1.07. The summed E-state index contributed by atoms with van der Waals surface area (Å²) in [7, 11) is 0. The van der Waals surface area contributed by atoms with E-state index in [1.54, 1.807) is 0 Å². The van der Waals surface area contributed by atoms with E-state index in [2.05, 4.69) is 10.3 Å². The first kappa shape index (κ1) is 13.2. The fourth-order valence-electron chi connectivity index (χ4n) is 1.07. The van der Waals surface area contributed by atoms with Gasteiger partial charge in [0.2, 0.25) is 0 Å². The molecule has 0 aliphatic carbocycles. The van der Waals surface area contributed by atoms with Crippen molar-refractivity contribution in [1.82, 2.24) is 10.3 Å². The van der Waals surface area contributed by atoms with Gasteiger partial charge < -0.3 is 10.1 Å². The van der Waals surface area contributed by atoms with Gasteiger partial charge in [-0.1, -0.05) is 13.8 Å². The third-order valence-corrected chi connectivity index (χ3v) is 1.96. The molecule has 1 aromatic rings. The summed E-state index contributed by atoms with van der Waals surface area (Å²) in [6.45, 7) is 4.30. The van der Waals surface area contributed by atoms with Crippen molar-refractivity contribution in [1.29, 1.82) is 0 Å². The molecule has 1 N–H and O–H groups in total. The van der Waals surface area contributed by atoms with Crippen LogP contribution < -0.4 is 5.32 Å². The SMILES string of the molecule is CC(C)CNC(=O)COC(=O)c1ccncc1. The summed E-state index contributed by atoms with van der Waals surface area (Å²) in [4.78, 5) is 26.5. The minimum Gasteiger partial charge on any atom is -0.452 e. The summed E-state index contributed by atoms with van der Waals surface area (Å²) in [6.07, 6.45) is 2.99. The van der Waals surface area contributed by atoms with Crippen molar-refractivity contribution < 1.29 is 14.3 Å². The minimum absolute atomic E-state index is 0.256. The number of hydrogen-bond donors (Lipinski definition) is 1. The molecule has 0 bridgehead atoms. The Hall–Kier alpha value is -1.91. The summed E-state index contributed by atoms with van der Waals surface area (Å²) in [5, 5.41) is 2.66. The maximum atomic E-state index is 11.5. The lowest BCUT2D eigenvalue weighted by Crippen LogP contribution is -2.31. The Bertz CT molecular complexity index is 377. The molecule has 1 rings (SSSR count). The van der Waals surface area contributed by atoms with Crippen molar-refractivity contribution in [3.63, 3.8) is 0 Å². The van der Waals surface area contributed by atoms with Crippen LogP contribution in [-0.4, -0.2) is 30.0 Å². The first-order valence-corrected chi connectivity index (χ1v) is 5.43. The third kappa shape index (κ3) is 5.10. The van der Waals surface area contributed by atoms with E-state index >= 15 is 0 Å². The van der Waals surface area contributed by atoms with Crippen LogP contribution in [0.15, 0.2) is 24.5 Å². The van der Waals surface area contributed by atoms with E-state index in [1.165, 1.54) is 24.5 Å². The Morgan fingerprint density at radius 1 is 1.35 bits per heavy atom. The molecule has 0 atom stereocenters. The highest BCUT2D eigenvalue weighted by Crippen LogP contribution is 1.98. The lowest BCUT2D eigenvalue weighted by Gasteiger charge is -2.08. The van der Waals surface area contributed by atoms with Crippen LogP contribution in [-0.2, 0) is 9.53 Å². The maximum Gasteiger partial charge on any atom is 0.338 e. The van der Waals surface area contributed by atoms with E-state index < -0.39 is 5.97 Å². The standard InChI is InChI=1S/C12H16N2O3/c1-9(2)7-14-11(15)8-17-12(16)10-3-5-13-6-4-10/h3-6,9H,7-8H2,1-2H3,(H,14,15). The summed E-state index contributed by atoms with van der Waals surface area (Å²) >= 11 is 0. The molecule has 0 aliphatic rings. The first-order chi connectivity index (χ1) is 8.09. The second-order valence-electron chi connectivity index (χ2n) is 4.01. The lowest BCUT2D eigenvalue weighted by atomic mass is 10.2. The topological polar surface area (TPSA) is 68.3 Å². The summed E-state index contributed by atoms with van der Waals surface area (Å²) in [5.74, 6) is -0.442. The predicted molar refractivity (Wildman–Crippen MR) is 62.4 cm³/mol. The van der Waals surface area contributed by atoms with Gasteiger partial charge in [0.15, 0.2) is 6.61 Å². The van der Waals surface area contributed by atoms with Gasteiger partial charge in [0.05, 0.1) is 5.56 Å². The number of hydrogen-bond acceptors (Lipinski definition) is 4. The van der Waals surface area contributed by atoms with Gasteiger partial charge in [0.25, 0.3) is 5.91 Å². The number of carbonyl (C=O) groups is 2. The van der Waals surface area contributed by atoms with Gasteiger partial charge in [0.1, 0.15) is 0 Å². The van der Waals surface area contributed by atoms with Crippen molar-refractivity contribution in [2.75, 3.05) is 13.2 Å². The highest BCUT2D eigenvalue weighted by Gasteiger charge is 2.09. The van der Waals surface area contributed by atoms with Crippen molar-refractivity contribution in [2.24, 2.45) is 5.92 Å². The normalized spacial score (nSPS) is 10.1. The van der Waals surface area contributed by atoms with Crippen LogP contribution in [0.1, 0.15) is 24.2 Å². The van der Waals surface area contributed by atoms with Crippen molar-refractivity contribution in [3.05, 3.63) is 30.1 Å². The van der Waals surface area contributed by atoms with E-state index in [1.807, 2.05) is 13.8 Å². The smallest absolute Gasteiger partial charge is 0.338 e. The molecule has 92 valence electrons. The van der Waals surface area contributed by atoms with E-state index in [0.717, 1.165) is 0 Å². The average molecular weight is 236 g/mol. The van der Waals surface area contributed by atoms with Gasteiger partial charge in [-0.2, -0.15) is 0 Å². The molecule has 0 saturated carbocycles. The minimum atomic E-state index is -0.521. The van der Waals surface area contributed by atoms with Crippen LogP contribution in [0.5, 0.6) is 0 Å². The number of aromatic nitrogens is 1. The average Bonchev–Trinajstić information content (AvgIpc) is 2.34. The molecule has 1 aromatic heterocycles. The molecule has 0 saturated heterocycles. The highest BCUT2D eigenvalue weighted by molar-refractivity contribution is 5.91. The van der Waals surface area contributed by atoms with E-state index in [-0.39, 0.29) is 12.5 Å². The summed E-state index contributed by atoms with van der Waals surface area (Å²) in [5.41, 5.74) is 0.386. The molecule has 17 heavy (non-hydrogen) atoms. The molecular formula is C12H16N2O3. The Balaban J connectivity index is 2.31. The third-order valence-electron chi connectivity index (χ3n) is 1.96. The largest absolute Gasteiger partial charge is 0.452 e. The highest BCUT2D eigenvalue weighted by atomic mass is 16.5. The quantitative estimate of drug-likeness (QED) is 0.775. The predicted octanol–water partition coefficient (Wildman–Crippen LogP) is 1.01. The monoisotopic (exact) mass is 236 g/mol. The van der Waals surface area contributed by atoms with Gasteiger partial charge in [-0.05, 0) is 18.1 Å². The molecule has 5 nitrogen and oxygen atoms in total. The Kier molecular flexibility index (Phi) is 5.13. The number of amides is 1. The van der Waals surface area contributed by atoms with Crippen LogP contribution in [0.3, 0.4) is 0 Å². The molecule has 0 unspecified atom stereocenters. The Morgan fingerprint density at radius 2 is 2.00 bits per heavy atom. The zero-order chi connectivity index (χ0) is 12.7. The Morgan fingerprint density at radius 3 is 2.59 bits per heavy atom. The molecule has 1 heterocycles. The number of ether oxygens (including phenoxy) is 1. The number of nitrogens with zero attached hydrogens (tertiary/aromatic N) is 1. The zero-order valence-electron chi connectivity index (χ0n) is 9.97. The lowest BCUT2D eigenvalue weighted by molar-refractivity contribution is -0.124. The number of nitrogens with one attached hydrogen (secondary N) is 1. The molecule has 0 spiro atoms. The van der Waals surface area contributed by atoms with E-state index in [0.29, 0.717) is 18.0 Å². The van der Waals surface area contributed by atoms with Gasteiger partial charge in [-0.3, -0.25) is 9.78 Å². The molecule has 0 radical (unpaired) electrons. The summed E-state index contributed by atoms with van der Waals surface area (Å²) < 4.78 is 4.84. The summed E-state index contributed by atoms with van der Waals surface area (Å²) in [6, 6.07) is 3.07. The maximum absolute atomic E-state index is 11.5. The molecular weight excluding hydrogens is 220 g/mol. The van der Waals surface area contributed by atoms with Crippen LogP contribution in [0.4, 0.5) is 0 Å². The number of esters is 1. The molecule has 5 heteroatoms. The Labute approximate surface area is 100 Å². The van der Waals surface area contributed by atoms with Gasteiger partial charge in [-0.25, -0.2) is 4.79 Å². The number of rotatable bonds is 5. The molecule has 0 fully saturated rings. The second-order valence-corrected chi connectivity index (χ2v) is 4.01. The first-order valence-electron chi connectivity index (χ1n) is 5.43. The van der Waals surface area contributed by atoms with Gasteiger partial charge >= 0.3 is 5.97 Å². The van der Waals surface area contributed by atoms with Gasteiger partial charge in [-0.15, -0.1) is 0 Å². The fraction of sp³-hybridized carbons (Fsp3) is 0.417. The molecule has 0 aliphatic heterocycles. The number of pyridine rings is 1. The van der Waals surface area contributed by atoms with Crippen molar-refractivity contribution >= 4 is 11.9 Å².